The van der Waals surface area contributed by atoms with Crippen molar-refractivity contribution in [2.45, 2.75) is 30.8 Å². The summed E-state index contributed by atoms with van der Waals surface area (Å²) in [6.07, 6.45) is 5.30. The van der Waals surface area contributed by atoms with Crippen LogP contribution in [-0.2, 0) is 0 Å². The van der Waals surface area contributed by atoms with Crippen LogP contribution < -0.4 is 4.74 Å². The fraction of sp³-hybridized carbons (Fsp3) is 0.333. The number of aromatic nitrogens is 1. The van der Waals surface area contributed by atoms with Gasteiger partial charge in [0.05, 0.1) is 13.7 Å². The van der Waals surface area contributed by atoms with Crippen molar-refractivity contribution in [3.63, 3.8) is 0 Å². The highest BCUT2D eigenvalue weighted by molar-refractivity contribution is 5.94. The first-order valence-corrected chi connectivity index (χ1v) is 12.5. The lowest BCUT2D eigenvalue weighted by molar-refractivity contribution is -0.0606. The molecule has 3 heterocycles. The number of amides is 1. The largest absolute Gasteiger partial charge is 0.497 e. The maximum atomic E-state index is 13.2. The predicted octanol–water partition coefficient (Wildman–Crippen LogP) is 3.55. The smallest absolute Gasteiger partial charge is 0.254 e. The molecule has 1 N–H and O–H groups in total. The Bertz CT molecular complexity index is 1230. The number of aliphatic hydroxyl groups is 1. The van der Waals surface area contributed by atoms with E-state index >= 15 is 0 Å². The van der Waals surface area contributed by atoms with E-state index < -0.39 is 0 Å². The molecule has 3 atom stereocenters. The normalized spacial score (nSPS) is 21.7. The molecular weight excluding hydrogens is 450 g/mol. The van der Waals surface area contributed by atoms with Gasteiger partial charge in [0.15, 0.2) is 0 Å². The van der Waals surface area contributed by atoms with Crippen LogP contribution in [0.2, 0.25) is 0 Å². The zero-order chi connectivity index (χ0) is 24.9. The van der Waals surface area contributed by atoms with Crippen molar-refractivity contribution < 1.29 is 14.6 Å². The molecule has 5 rings (SSSR count). The van der Waals surface area contributed by atoms with Gasteiger partial charge in [0.2, 0.25) is 0 Å². The maximum Gasteiger partial charge on any atom is 0.254 e. The van der Waals surface area contributed by atoms with Crippen molar-refractivity contribution in [3.8, 4) is 17.6 Å². The van der Waals surface area contributed by atoms with Crippen LogP contribution in [0.15, 0.2) is 73.1 Å². The third-order valence-electron chi connectivity index (χ3n) is 7.32. The summed E-state index contributed by atoms with van der Waals surface area (Å²) in [5.41, 5.74) is 3.73. The molecule has 3 aromatic rings. The first-order valence-electron chi connectivity index (χ1n) is 12.5. The van der Waals surface area contributed by atoms with E-state index in [9.17, 15) is 9.90 Å². The lowest BCUT2D eigenvalue weighted by atomic mass is 9.74. The highest BCUT2D eigenvalue weighted by atomic mass is 16.5. The standard InChI is InChI=1S/C30H31N3O3/c1-36-26-12-8-23(9-13-26)5-4-22-6-10-24(11-7-22)29-27-20-32(30(35)25-14-16-31-17-15-25)18-2-3-19-33(27)28(29)21-34/h6-17,27-29,34H,2-3,18-21H2,1H3/t27-,28+,29-/m1/s1. The number of ether oxygens (including phenoxy) is 1. The fourth-order valence-electron chi connectivity index (χ4n) is 5.41. The molecule has 1 amide bonds. The van der Waals surface area contributed by atoms with Crippen LogP contribution in [0, 0.1) is 11.8 Å². The second-order valence-electron chi connectivity index (χ2n) is 9.38. The summed E-state index contributed by atoms with van der Waals surface area (Å²) in [5.74, 6) is 7.47. The number of methoxy groups -OCH3 is 1. The monoisotopic (exact) mass is 481 g/mol. The van der Waals surface area contributed by atoms with Crippen LogP contribution in [0.25, 0.3) is 0 Å². The van der Waals surface area contributed by atoms with Crippen LogP contribution in [0.4, 0.5) is 0 Å². The quantitative estimate of drug-likeness (QED) is 0.578. The molecule has 2 aromatic carbocycles. The van der Waals surface area contributed by atoms with Gasteiger partial charge in [-0.3, -0.25) is 14.7 Å². The average Bonchev–Trinajstić information content (AvgIpc) is 2.92. The second kappa shape index (κ2) is 10.9. The number of hydrogen-bond donors (Lipinski definition) is 1. The van der Waals surface area contributed by atoms with E-state index in [0.717, 1.165) is 42.8 Å². The van der Waals surface area contributed by atoms with Crippen LogP contribution in [0.1, 0.15) is 45.8 Å². The summed E-state index contributed by atoms with van der Waals surface area (Å²) >= 11 is 0. The van der Waals surface area contributed by atoms with E-state index in [1.165, 1.54) is 5.56 Å². The Morgan fingerprint density at radius 2 is 1.61 bits per heavy atom. The van der Waals surface area contributed by atoms with Gasteiger partial charge in [0, 0.05) is 60.2 Å². The Balaban J connectivity index is 1.33. The number of benzene rings is 2. The Morgan fingerprint density at radius 1 is 0.972 bits per heavy atom. The number of aliphatic hydroxyl groups excluding tert-OH is 1. The molecule has 184 valence electrons. The summed E-state index contributed by atoms with van der Waals surface area (Å²) in [4.78, 5) is 21.6. The van der Waals surface area contributed by atoms with Gasteiger partial charge in [-0.15, -0.1) is 0 Å². The average molecular weight is 482 g/mol. The molecule has 0 bridgehead atoms. The second-order valence-corrected chi connectivity index (χ2v) is 9.38. The van der Waals surface area contributed by atoms with Gasteiger partial charge in [-0.1, -0.05) is 24.0 Å². The van der Waals surface area contributed by atoms with Crippen LogP contribution in [0.5, 0.6) is 5.75 Å². The predicted molar refractivity (Wildman–Crippen MR) is 139 cm³/mol. The topological polar surface area (TPSA) is 65.9 Å². The Morgan fingerprint density at radius 3 is 2.25 bits per heavy atom. The zero-order valence-corrected chi connectivity index (χ0v) is 20.5. The summed E-state index contributed by atoms with van der Waals surface area (Å²) in [5, 5.41) is 10.2. The number of carbonyl (C=O) groups excluding carboxylic acids is 1. The molecule has 2 fully saturated rings. The van der Waals surface area contributed by atoms with E-state index in [-0.39, 0.29) is 30.5 Å². The Labute approximate surface area is 212 Å². The number of fused-ring (bicyclic) bond motifs is 1. The van der Waals surface area contributed by atoms with E-state index in [0.29, 0.717) is 12.1 Å². The van der Waals surface area contributed by atoms with Crippen molar-refractivity contribution >= 4 is 5.91 Å². The van der Waals surface area contributed by atoms with Gasteiger partial charge >= 0.3 is 0 Å². The van der Waals surface area contributed by atoms with Gasteiger partial charge in [0.1, 0.15) is 5.75 Å². The lowest BCUT2D eigenvalue weighted by Gasteiger charge is -2.57. The van der Waals surface area contributed by atoms with Gasteiger partial charge < -0.3 is 14.7 Å². The van der Waals surface area contributed by atoms with Gasteiger partial charge in [0.25, 0.3) is 5.91 Å². The van der Waals surface area contributed by atoms with E-state index in [1.54, 1.807) is 31.6 Å². The van der Waals surface area contributed by atoms with Crippen molar-refractivity contribution in [3.05, 3.63) is 95.3 Å². The fourth-order valence-corrected chi connectivity index (χ4v) is 5.41. The highest BCUT2D eigenvalue weighted by Crippen LogP contribution is 2.42. The van der Waals surface area contributed by atoms with E-state index in [4.69, 9.17) is 4.74 Å². The van der Waals surface area contributed by atoms with Crippen LogP contribution in [-0.4, -0.2) is 71.2 Å². The molecule has 0 aliphatic carbocycles. The summed E-state index contributed by atoms with van der Waals surface area (Å²) < 4.78 is 5.20. The first kappa shape index (κ1) is 24.1. The molecule has 0 unspecified atom stereocenters. The Kier molecular flexibility index (Phi) is 7.31. The van der Waals surface area contributed by atoms with Crippen molar-refractivity contribution in [2.75, 3.05) is 33.4 Å². The highest BCUT2D eigenvalue weighted by Gasteiger charge is 2.49. The van der Waals surface area contributed by atoms with Crippen LogP contribution >= 0.6 is 0 Å². The van der Waals surface area contributed by atoms with E-state index in [2.05, 4.69) is 33.9 Å². The van der Waals surface area contributed by atoms with Crippen molar-refractivity contribution in [1.29, 1.82) is 0 Å². The van der Waals surface area contributed by atoms with Gasteiger partial charge in [-0.2, -0.15) is 0 Å². The minimum Gasteiger partial charge on any atom is -0.497 e. The van der Waals surface area contributed by atoms with Crippen LogP contribution in [0.3, 0.4) is 0 Å². The lowest BCUT2D eigenvalue weighted by Crippen LogP contribution is -2.67. The third-order valence-corrected chi connectivity index (χ3v) is 7.32. The summed E-state index contributed by atoms with van der Waals surface area (Å²) in [6.45, 7) is 2.47. The molecule has 2 aliphatic heterocycles. The minimum atomic E-state index is 0.0506. The number of nitrogens with zero attached hydrogens (tertiary/aromatic N) is 3. The molecule has 0 saturated carbocycles. The number of carbonyl (C=O) groups is 1. The SMILES string of the molecule is COc1ccc(C#Cc2ccc([C@@H]3[C@H]4CN(C(=O)c5ccncc5)CCCCN4[C@H]3CO)cc2)cc1. The van der Waals surface area contributed by atoms with Gasteiger partial charge in [-0.05, 0) is 73.5 Å². The number of pyridine rings is 1. The van der Waals surface area contributed by atoms with Gasteiger partial charge in [-0.25, -0.2) is 0 Å². The molecule has 36 heavy (non-hydrogen) atoms. The summed E-state index contributed by atoms with van der Waals surface area (Å²) in [6, 6.07) is 19.9. The van der Waals surface area contributed by atoms with Crippen molar-refractivity contribution in [2.24, 2.45) is 0 Å². The number of hydrogen-bond acceptors (Lipinski definition) is 5. The first-order chi connectivity index (χ1) is 17.7. The van der Waals surface area contributed by atoms with Crippen molar-refractivity contribution in [1.82, 2.24) is 14.8 Å². The third kappa shape index (κ3) is 4.99. The molecule has 2 aliphatic rings. The molecule has 0 spiro atoms. The maximum absolute atomic E-state index is 13.2. The molecule has 0 radical (unpaired) electrons. The van der Waals surface area contributed by atoms with E-state index in [1.807, 2.05) is 41.3 Å². The molecule has 1 aromatic heterocycles. The summed E-state index contributed by atoms with van der Waals surface area (Å²) in [7, 11) is 1.65. The molecule has 6 nitrogen and oxygen atoms in total. The Hall–Kier alpha value is -3.66. The number of rotatable bonds is 4. The molecule has 6 heteroatoms. The molecule has 2 saturated heterocycles. The molecular formula is C30H31N3O3. The minimum absolute atomic E-state index is 0.0506. The zero-order valence-electron chi connectivity index (χ0n) is 20.5.